The van der Waals surface area contributed by atoms with Crippen molar-refractivity contribution in [2.45, 2.75) is 24.2 Å². The fraction of sp³-hybridized carbons (Fsp3) is 0.471. The molecule has 1 aromatic carbocycles. The molecule has 0 saturated carbocycles. The second kappa shape index (κ2) is 8.60. The highest BCUT2D eigenvalue weighted by atomic mass is 32.2. The SMILES string of the molecule is Cc1nnc(SCC(=O)NC[C@H]2CCN(Cc3ccccc3)C2)s1. The van der Waals surface area contributed by atoms with E-state index < -0.39 is 0 Å². The van der Waals surface area contributed by atoms with Crippen LogP contribution in [0.15, 0.2) is 34.7 Å². The van der Waals surface area contributed by atoms with Gasteiger partial charge in [-0.3, -0.25) is 9.69 Å². The molecule has 128 valence electrons. The summed E-state index contributed by atoms with van der Waals surface area (Å²) in [5, 5.41) is 12.0. The molecule has 0 aliphatic carbocycles. The molecule has 1 aromatic heterocycles. The molecule has 0 bridgehead atoms. The first-order valence-corrected chi connectivity index (χ1v) is 9.95. The summed E-state index contributed by atoms with van der Waals surface area (Å²) in [5.41, 5.74) is 1.35. The van der Waals surface area contributed by atoms with Gasteiger partial charge in [-0.1, -0.05) is 53.4 Å². The van der Waals surface area contributed by atoms with Crippen molar-refractivity contribution in [2.75, 3.05) is 25.4 Å². The fourth-order valence-corrected chi connectivity index (χ4v) is 4.48. The number of benzene rings is 1. The maximum Gasteiger partial charge on any atom is 0.230 e. The van der Waals surface area contributed by atoms with Gasteiger partial charge in [0.1, 0.15) is 5.01 Å². The minimum absolute atomic E-state index is 0.0781. The van der Waals surface area contributed by atoms with Gasteiger partial charge in [0.2, 0.25) is 5.91 Å². The number of nitrogens with one attached hydrogen (secondary N) is 1. The highest BCUT2D eigenvalue weighted by Crippen LogP contribution is 2.21. The van der Waals surface area contributed by atoms with E-state index in [0.717, 1.165) is 41.9 Å². The summed E-state index contributed by atoms with van der Waals surface area (Å²) in [7, 11) is 0. The average molecular weight is 363 g/mol. The molecular formula is C17H22N4OS2. The van der Waals surface area contributed by atoms with Crippen LogP contribution in [0.3, 0.4) is 0 Å². The van der Waals surface area contributed by atoms with E-state index in [9.17, 15) is 4.79 Å². The number of nitrogens with zero attached hydrogens (tertiary/aromatic N) is 3. The Bertz CT molecular complexity index is 662. The van der Waals surface area contributed by atoms with Crippen LogP contribution in [0.4, 0.5) is 0 Å². The van der Waals surface area contributed by atoms with Gasteiger partial charge in [0, 0.05) is 19.6 Å². The van der Waals surface area contributed by atoms with E-state index in [1.54, 1.807) is 0 Å². The predicted octanol–water partition coefficient (Wildman–Crippen LogP) is 2.58. The van der Waals surface area contributed by atoms with Crippen LogP contribution in [0, 0.1) is 12.8 Å². The molecule has 1 aliphatic rings. The zero-order valence-corrected chi connectivity index (χ0v) is 15.4. The molecule has 1 atom stereocenters. The summed E-state index contributed by atoms with van der Waals surface area (Å²) in [6.45, 7) is 5.84. The zero-order chi connectivity index (χ0) is 16.8. The molecule has 1 N–H and O–H groups in total. The van der Waals surface area contributed by atoms with Crippen LogP contribution in [0.25, 0.3) is 0 Å². The zero-order valence-electron chi connectivity index (χ0n) is 13.8. The second-order valence-corrected chi connectivity index (χ2v) is 8.46. The van der Waals surface area contributed by atoms with Crippen molar-refractivity contribution in [1.82, 2.24) is 20.4 Å². The van der Waals surface area contributed by atoms with E-state index in [1.165, 1.54) is 28.7 Å². The first-order chi connectivity index (χ1) is 11.7. The fourth-order valence-electron chi connectivity index (χ4n) is 2.84. The summed E-state index contributed by atoms with van der Waals surface area (Å²) in [4.78, 5) is 14.4. The molecule has 1 saturated heterocycles. The van der Waals surface area contributed by atoms with Crippen LogP contribution >= 0.6 is 23.1 Å². The Balaban J connectivity index is 1.34. The van der Waals surface area contributed by atoms with Crippen molar-refractivity contribution in [3.63, 3.8) is 0 Å². The molecule has 5 nitrogen and oxygen atoms in total. The van der Waals surface area contributed by atoms with Gasteiger partial charge in [0.15, 0.2) is 4.34 Å². The van der Waals surface area contributed by atoms with Gasteiger partial charge < -0.3 is 5.32 Å². The number of hydrogen-bond donors (Lipinski definition) is 1. The van der Waals surface area contributed by atoms with Crippen molar-refractivity contribution in [2.24, 2.45) is 5.92 Å². The largest absolute Gasteiger partial charge is 0.355 e. The lowest BCUT2D eigenvalue weighted by Gasteiger charge is -2.16. The molecule has 1 fully saturated rings. The number of thioether (sulfide) groups is 1. The Kier molecular flexibility index (Phi) is 6.23. The third-order valence-electron chi connectivity index (χ3n) is 4.04. The van der Waals surface area contributed by atoms with Crippen molar-refractivity contribution < 1.29 is 4.79 Å². The van der Waals surface area contributed by atoms with E-state index in [2.05, 4.69) is 44.7 Å². The minimum atomic E-state index is 0.0781. The molecule has 0 spiro atoms. The normalized spacial score (nSPS) is 18.0. The van der Waals surface area contributed by atoms with Gasteiger partial charge in [-0.05, 0) is 31.4 Å². The van der Waals surface area contributed by atoms with Crippen LogP contribution < -0.4 is 5.32 Å². The number of carbonyl (C=O) groups is 1. The van der Waals surface area contributed by atoms with Gasteiger partial charge in [-0.2, -0.15) is 0 Å². The standard InChI is InChI=1S/C17H22N4OS2/c1-13-19-20-17(24-13)23-12-16(22)18-9-15-7-8-21(11-15)10-14-5-3-2-4-6-14/h2-6,15H,7-12H2,1H3,(H,18,22)/t15-/m1/s1. The molecule has 1 aliphatic heterocycles. The molecule has 0 radical (unpaired) electrons. The minimum Gasteiger partial charge on any atom is -0.355 e. The molecule has 0 unspecified atom stereocenters. The Hall–Kier alpha value is -1.44. The summed E-state index contributed by atoms with van der Waals surface area (Å²) >= 11 is 2.98. The quantitative estimate of drug-likeness (QED) is 0.767. The molecule has 24 heavy (non-hydrogen) atoms. The Morgan fingerprint density at radius 3 is 2.96 bits per heavy atom. The number of hydrogen-bond acceptors (Lipinski definition) is 6. The Labute approximate surface area is 150 Å². The number of carbonyl (C=O) groups excluding carboxylic acids is 1. The lowest BCUT2D eigenvalue weighted by molar-refractivity contribution is -0.118. The highest BCUT2D eigenvalue weighted by molar-refractivity contribution is 8.01. The van der Waals surface area contributed by atoms with E-state index in [1.807, 2.05) is 13.0 Å². The number of aromatic nitrogens is 2. The number of aryl methyl sites for hydroxylation is 1. The smallest absolute Gasteiger partial charge is 0.230 e. The van der Waals surface area contributed by atoms with Crippen molar-refractivity contribution in [1.29, 1.82) is 0 Å². The highest BCUT2D eigenvalue weighted by Gasteiger charge is 2.22. The van der Waals surface area contributed by atoms with Crippen LogP contribution in [-0.4, -0.2) is 46.4 Å². The summed E-state index contributed by atoms with van der Waals surface area (Å²) in [6, 6.07) is 10.6. The topological polar surface area (TPSA) is 58.1 Å². The van der Waals surface area contributed by atoms with Crippen LogP contribution in [0.5, 0.6) is 0 Å². The number of amides is 1. The first-order valence-electron chi connectivity index (χ1n) is 8.15. The molecule has 3 rings (SSSR count). The van der Waals surface area contributed by atoms with Crippen LogP contribution in [-0.2, 0) is 11.3 Å². The Morgan fingerprint density at radius 2 is 2.21 bits per heavy atom. The summed E-state index contributed by atoms with van der Waals surface area (Å²) in [6.07, 6.45) is 1.15. The maximum absolute atomic E-state index is 12.0. The van der Waals surface area contributed by atoms with E-state index in [4.69, 9.17) is 0 Å². The summed E-state index contributed by atoms with van der Waals surface area (Å²) < 4.78 is 0.859. The molecule has 1 amide bonds. The lowest BCUT2D eigenvalue weighted by Crippen LogP contribution is -2.32. The van der Waals surface area contributed by atoms with Gasteiger partial charge >= 0.3 is 0 Å². The Morgan fingerprint density at radius 1 is 1.38 bits per heavy atom. The van der Waals surface area contributed by atoms with Gasteiger partial charge in [-0.25, -0.2) is 0 Å². The molecule has 2 heterocycles. The van der Waals surface area contributed by atoms with Crippen molar-refractivity contribution >= 4 is 29.0 Å². The van der Waals surface area contributed by atoms with Crippen molar-refractivity contribution in [3.8, 4) is 0 Å². The third-order valence-corrected chi connectivity index (χ3v) is 6.01. The van der Waals surface area contributed by atoms with Gasteiger partial charge in [0.25, 0.3) is 0 Å². The van der Waals surface area contributed by atoms with Gasteiger partial charge in [0.05, 0.1) is 5.75 Å². The molecular weight excluding hydrogens is 340 g/mol. The number of likely N-dealkylation sites (tertiary alicyclic amines) is 1. The molecule has 2 aromatic rings. The van der Waals surface area contributed by atoms with Crippen LogP contribution in [0.1, 0.15) is 17.0 Å². The van der Waals surface area contributed by atoms with E-state index in [0.29, 0.717) is 11.7 Å². The number of rotatable bonds is 7. The summed E-state index contributed by atoms with van der Waals surface area (Å²) in [5.74, 6) is 1.04. The maximum atomic E-state index is 12.0. The van der Waals surface area contributed by atoms with E-state index >= 15 is 0 Å². The van der Waals surface area contributed by atoms with Crippen molar-refractivity contribution in [3.05, 3.63) is 40.9 Å². The van der Waals surface area contributed by atoms with E-state index in [-0.39, 0.29) is 5.91 Å². The lowest BCUT2D eigenvalue weighted by atomic mass is 10.1. The first kappa shape index (κ1) is 17.4. The van der Waals surface area contributed by atoms with Crippen LogP contribution in [0.2, 0.25) is 0 Å². The third kappa shape index (κ3) is 5.29. The van der Waals surface area contributed by atoms with Gasteiger partial charge in [-0.15, -0.1) is 10.2 Å². The average Bonchev–Trinajstić information content (AvgIpc) is 3.21. The second-order valence-electron chi connectivity index (χ2n) is 6.06. The molecule has 7 heteroatoms. The monoisotopic (exact) mass is 362 g/mol. The predicted molar refractivity (Wildman–Crippen MR) is 98.2 cm³/mol.